The van der Waals surface area contributed by atoms with Gasteiger partial charge in [0.1, 0.15) is 0 Å². The van der Waals surface area contributed by atoms with Gasteiger partial charge in [0.2, 0.25) is 0 Å². The van der Waals surface area contributed by atoms with Crippen LogP contribution in [0.3, 0.4) is 0 Å². The van der Waals surface area contributed by atoms with Gasteiger partial charge >= 0.3 is 0 Å². The molecule has 1 aliphatic heterocycles. The molecule has 0 saturated carbocycles. The molecule has 36 heavy (non-hydrogen) atoms. The summed E-state index contributed by atoms with van der Waals surface area (Å²) >= 11 is 5.89. The number of rotatable bonds is 5. The lowest BCUT2D eigenvalue weighted by atomic mass is 9.96. The summed E-state index contributed by atoms with van der Waals surface area (Å²) in [5.41, 5.74) is 6.77. The summed E-state index contributed by atoms with van der Waals surface area (Å²) in [6.45, 7) is 5.01. The summed E-state index contributed by atoms with van der Waals surface area (Å²) in [5, 5.41) is 6.76. The second kappa shape index (κ2) is 9.21. The molecule has 6 heteroatoms. The van der Waals surface area contributed by atoms with E-state index >= 15 is 0 Å². The Hall–Kier alpha value is -4.03. The lowest BCUT2D eigenvalue weighted by molar-refractivity contribution is 0.307. The molecule has 0 radical (unpaired) electrons. The van der Waals surface area contributed by atoms with Crippen LogP contribution in [0, 0.1) is 13.8 Å². The number of hydrogen-bond acceptors (Lipinski definition) is 3. The van der Waals surface area contributed by atoms with Gasteiger partial charge in [-0.25, -0.2) is 0 Å². The number of aromatic nitrogens is 3. The van der Waals surface area contributed by atoms with E-state index < -0.39 is 0 Å². The number of nitrogens with one attached hydrogen (secondary N) is 1. The van der Waals surface area contributed by atoms with Gasteiger partial charge in [0.25, 0.3) is 0 Å². The summed E-state index contributed by atoms with van der Waals surface area (Å²) in [7, 11) is 0. The SMILES string of the molecule is Cc1cc([C@H]2[C@H](c3ccccn3)NC(=S)N2Cc2ccccn2)c(C)n1-c1cccc2ccccc12. The Labute approximate surface area is 216 Å². The number of hydrogen-bond donors (Lipinski definition) is 1. The van der Waals surface area contributed by atoms with E-state index in [0.29, 0.717) is 6.54 Å². The highest BCUT2D eigenvalue weighted by Gasteiger charge is 2.41. The predicted octanol–water partition coefficient (Wildman–Crippen LogP) is 6.21. The van der Waals surface area contributed by atoms with Crippen molar-refractivity contribution in [2.24, 2.45) is 0 Å². The molecule has 6 rings (SSSR count). The van der Waals surface area contributed by atoms with E-state index in [1.807, 2.05) is 42.7 Å². The number of thiocarbonyl (C=S) groups is 1. The van der Waals surface area contributed by atoms with Crippen LogP contribution in [0.25, 0.3) is 16.5 Å². The Morgan fingerprint density at radius 2 is 1.61 bits per heavy atom. The third-order valence-electron chi connectivity index (χ3n) is 7.05. The monoisotopic (exact) mass is 489 g/mol. The van der Waals surface area contributed by atoms with Gasteiger partial charge in [-0.05, 0) is 73.4 Å². The number of aryl methyl sites for hydroxylation is 1. The van der Waals surface area contributed by atoms with Crippen molar-refractivity contribution in [2.45, 2.75) is 32.5 Å². The molecule has 0 amide bonds. The van der Waals surface area contributed by atoms with Crippen LogP contribution >= 0.6 is 12.2 Å². The van der Waals surface area contributed by atoms with Gasteiger partial charge in [0.05, 0.1) is 35.7 Å². The molecular formula is C30H27N5S. The summed E-state index contributed by atoms with van der Waals surface area (Å²) < 4.78 is 2.37. The smallest absolute Gasteiger partial charge is 0.170 e. The predicted molar refractivity (Wildman–Crippen MR) is 148 cm³/mol. The van der Waals surface area contributed by atoms with Gasteiger partial charge < -0.3 is 14.8 Å². The van der Waals surface area contributed by atoms with E-state index in [-0.39, 0.29) is 12.1 Å². The van der Waals surface area contributed by atoms with Gasteiger partial charge in [-0.15, -0.1) is 0 Å². The fraction of sp³-hybridized carbons (Fsp3) is 0.167. The van der Waals surface area contributed by atoms with Crippen LogP contribution in [0.1, 0.15) is 40.4 Å². The largest absolute Gasteiger partial charge is 0.352 e. The Balaban J connectivity index is 1.50. The molecule has 4 heterocycles. The van der Waals surface area contributed by atoms with Crippen LogP contribution < -0.4 is 5.32 Å². The zero-order valence-corrected chi connectivity index (χ0v) is 21.1. The zero-order chi connectivity index (χ0) is 24.6. The van der Waals surface area contributed by atoms with Crippen molar-refractivity contribution in [3.63, 3.8) is 0 Å². The summed E-state index contributed by atoms with van der Waals surface area (Å²) in [5.74, 6) is 0. The summed E-state index contributed by atoms with van der Waals surface area (Å²) in [4.78, 5) is 11.5. The number of fused-ring (bicyclic) bond motifs is 1. The van der Waals surface area contributed by atoms with E-state index in [1.54, 1.807) is 0 Å². The van der Waals surface area contributed by atoms with E-state index in [2.05, 4.69) is 88.2 Å². The first-order valence-electron chi connectivity index (χ1n) is 12.2. The lowest BCUT2D eigenvalue weighted by Gasteiger charge is -2.28. The summed E-state index contributed by atoms with van der Waals surface area (Å²) in [6, 6.07) is 29.3. The van der Waals surface area contributed by atoms with Crippen LogP contribution in [0.15, 0.2) is 97.3 Å². The summed E-state index contributed by atoms with van der Waals surface area (Å²) in [6.07, 6.45) is 3.68. The van der Waals surface area contributed by atoms with Gasteiger partial charge in [-0.2, -0.15) is 0 Å². The molecule has 1 N–H and O–H groups in total. The van der Waals surface area contributed by atoms with Crippen LogP contribution in [0.2, 0.25) is 0 Å². The third kappa shape index (κ3) is 3.84. The maximum Gasteiger partial charge on any atom is 0.170 e. The van der Waals surface area contributed by atoms with Gasteiger partial charge in [-0.1, -0.05) is 48.5 Å². The Bertz CT molecular complexity index is 1540. The van der Waals surface area contributed by atoms with E-state index in [1.165, 1.54) is 33.4 Å². The molecule has 5 nitrogen and oxygen atoms in total. The van der Waals surface area contributed by atoms with Crippen molar-refractivity contribution >= 4 is 28.1 Å². The molecule has 1 fully saturated rings. The number of pyridine rings is 2. The topological polar surface area (TPSA) is 46.0 Å². The standard InChI is InChI=1S/C30H27N5S/c1-20-18-25(21(2)35(20)27-15-9-11-22-10-3-4-13-24(22)27)29-28(26-14-6-8-17-32-26)33-30(36)34(29)19-23-12-5-7-16-31-23/h3-18,28-29H,19H2,1-2H3,(H,33,36)/t28-,29-/m0/s1. The van der Waals surface area contributed by atoms with Crippen LogP contribution in [0.4, 0.5) is 0 Å². The maximum absolute atomic E-state index is 5.89. The van der Waals surface area contributed by atoms with Crippen molar-refractivity contribution in [3.8, 4) is 5.69 Å². The van der Waals surface area contributed by atoms with Gasteiger partial charge in [0, 0.05) is 29.2 Å². The second-order valence-corrected chi connectivity index (χ2v) is 9.62. The molecule has 0 unspecified atom stereocenters. The average Bonchev–Trinajstić information content (AvgIpc) is 3.39. The molecular weight excluding hydrogens is 462 g/mol. The first-order valence-corrected chi connectivity index (χ1v) is 12.6. The highest BCUT2D eigenvalue weighted by atomic mass is 32.1. The van der Waals surface area contributed by atoms with E-state index in [9.17, 15) is 0 Å². The van der Waals surface area contributed by atoms with Crippen LogP contribution in [0.5, 0.6) is 0 Å². The first-order chi connectivity index (χ1) is 17.6. The lowest BCUT2D eigenvalue weighted by Crippen LogP contribution is -2.29. The first kappa shape index (κ1) is 22.4. The van der Waals surface area contributed by atoms with Gasteiger partial charge in [0.15, 0.2) is 5.11 Å². The Kier molecular flexibility index (Phi) is 5.74. The number of nitrogens with zero attached hydrogens (tertiary/aromatic N) is 4. The van der Waals surface area contributed by atoms with Crippen LogP contribution in [-0.2, 0) is 6.54 Å². The molecule has 1 aliphatic rings. The molecule has 5 aromatic rings. The van der Waals surface area contributed by atoms with Crippen molar-refractivity contribution in [1.82, 2.24) is 24.8 Å². The fourth-order valence-electron chi connectivity index (χ4n) is 5.44. The molecule has 0 bridgehead atoms. The quantitative estimate of drug-likeness (QED) is 0.297. The zero-order valence-electron chi connectivity index (χ0n) is 20.3. The van der Waals surface area contributed by atoms with Crippen molar-refractivity contribution < 1.29 is 0 Å². The molecule has 2 aromatic carbocycles. The molecule has 3 aromatic heterocycles. The van der Waals surface area contributed by atoms with Crippen molar-refractivity contribution in [1.29, 1.82) is 0 Å². The van der Waals surface area contributed by atoms with Gasteiger partial charge in [-0.3, -0.25) is 9.97 Å². The minimum absolute atomic E-state index is 0.0238. The minimum Gasteiger partial charge on any atom is -0.352 e. The number of benzene rings is 2. The normalized spacial score (nSPS) is 17.5. The van der Waals surface area contributed by atoms with Crippen molar-refractivity contribution in [2.75, 3.05) is 0 Å². The second-order valence-electron chi connectivity index (χ2n) is 9.24. The Morgan fingerprint density at radius 3 is 2.39 bits per heavy atom. The minimum atomic E-state index is -0.0659. The van der Waals surface area contributed by atoms with Crippen molar-refractivity contribution in [3.05, 3.63) is 126 Å². The van der Waals surface area contributed by atoms with E-state index in [4.69, 9.17) is 17.2 Å². The molecule has 0 spiro atoms. The van der Waals surface area contributed by atoms with Crippen LogP contribution in [-0.4, -0.2) is 24.5 Å². The molecule has 178 valence electrons. The highest BCUT2D eigenvalue weighted by Crippen LogP contribution is 2.42. The molecule has 0 aliphatic carbocycles. The third-order valence-corrected chi connectivity index (χ3v) is 7.41. The average molecular weight is 490 g/mol. The highest BCUT2D eigenvalue weighted by molar-refractivity contribution is 7.80. The Morgan fingerprint density at radius 1 is 0.861 bits per heavy atom. The molecule has 2 atom stereocenters. The van der Waals surface area contributed by atoms with E-state index in [0.717, 1.165) is 16.5 Å². The maximum atomic E-state index is 5.89. The fourth-order valence-corrected chi connectivity index (χ4v) is 5.75. The molecule has 1 saturated heterocycles.